The molecule has 9 heteroatoms. The molecule has 6 nitrogen and oxygen atoms in total. The van der Waals surface area contributed by atoms with E-state index in [0.717, 1.165) is 0 Å². The molecule has 25 heavy (non-hydrogen) atoms. The first kappa shape index (κ1) is 19.2. The van der Waals surface area contributed by atoms with Crippen LogP contribution >= 0.6 is 0 Å². The van der Waals surface area contributed by atoms with Crippen LogP contribution in [0.3, 0.4) is 0 Å². The van der Waals surface area contributed by atoms with Crippen molar-refractivity contribution in [1.82, 2.24) is 14.8 Å². The van der Waals surface area contributed by atoms with Gasteiger partial charge in [-0.2, -0.15) is 13.2 Å². The second-order valence-corrected chi connectivity index (χ2v) is 6.31. The summed E-state index contributed by atoms with van der Waals surface area (Å²) < 4.78 is 37.5. The zero-order chi connectivity index (χ0) is 18.6. The number of piperidine rings is 1. The van der Waals surface area contributed by atoms with Gasteiger partial charge in [0.2, 0.25) is 5.91 Å². The molecule has 1 aromatic heterocycles. The number of hydrogen-bond donors (Lipinski definition) is 1. The van der Waals surface area contributed by atoms with Gasteiger partial charge in [-0.25, -0.2) is 4.98 Å². The summed E-state index contributed by atoms with van der Waals surface area (Å²) in [5, 5.41) is 2.61. The topological polar surface area (TPSA) is 65.5 Å². The van der Waals surface area contributed by atoms with Gasteiger partial charge in [0.25, 0.3) is 5.91 Å². The van der Waals surface area contributed by atoms with E-state index < -0.39 is 18.6 Å². The van der Waals surface area contributed by atoms with E-state index >= 15 is 0 Å². The van der Waals surface area contributed by atoms with Crippen LogP contribution in [0.25, 0.3) is 0 Å². The Hall–Kier alpha value is -2.16. The summed E-state index contributed by atoms with van der Waals surface area (Å²) in [5.74, 6) is -0.805. The molecular weight excluding hydrogens is 337 g/mol. The van der Waals surface area contributed by atoms with Crippen molar-refractivity contribution in [3.05, 3.63) is 23.9 Å². The van der Waals surface area contributed by atoms with E-state index in [2.05, 4.69) is 10.3 Å². The zero-order valence-corrected chi connectivity index (χ0v) is 14.1. The molecule has 2 amide bonds. The molecular formula is C16H21F3N4O2. The number of carbonyl (C=O) groups is 2. The summed E-state index contributed by atoms with van der Waals surface area (Å²) in [5.41, 5.74) is 0.386. The molecule has 2 heterocycles. The van der Waals surface area contributed by atoms with Crippen molar-refractivity contribution in [1.29, 1.82) is 0 Å². The molecule has 0 aliphatic carbocycles. The fourth-order valence-corrected chi connectivity index (χ4v) is 2.75. The number of likely N-dealkylation sites (tertiary alicyclic amines) is 1. The molecule has 1 saturated heterocycles. The standard InChI is InChI=1S/C16H21F3N4O2/c1-22(2)15(25)11-5-6-13(20-8-11)21-14(24)12-4-3-7-23(9-12)10-16(17,18)19/h5-6,8,12H,3-4,7,9-10H2,1-2H3,(H,20,21,24). The largest absolute Gasteiger partial charge is 0.401 e. The number of carbonyl (C=O) groups excluding carboxylic acids is 2. The van der Waals surface area contributed by atoms with Crippen LogP contribution in [0, 0.1) is 5.92 Å². The van der Waals surface area contributed by atoms with Crippen LogP contribution in [0.4, 0.5) is 19.0 Å². The molecule has 1 aliphatic rings. The van der Waals surface area contributed by atoms with E-state index in [1.807, 2.05) is 0 Å². The molecule has 0 saturated carbocycles. The molecule has 138 valence electrons. The molecule has 1 atom stereocenters. The van der Waals surface area contributed by atoms with Crippen LogP contribution in [0.1, 0.15) is 23.2 Å². The normalized spacial score (nSPS) is 18.7. The molecule has 2 rings (SSSR count). The van der Waals surface area contributed by atoms with Gasteiger partial charge in [-0.15, -0.1) is 0 Å². The Kier molecular flexibility index (Phi) is 5.99. The molecule has 1 fully saturated rings. The predicted molar refractivity (Wildman–Crippen MR) is 86.1 cm³/mol. The number of anilines is 1. The maximum absolute atomic E-state index is 12.5. The van der Waals surface area contributed by atoms with Crippen molar-refractivity contribution in [2.24, 2.45) is 5.92 Å². The van der Waals surface area contributed by atoms with Gasteiger partial charge in [0.05, 0.1) is 18.0 Å². The van der Waals surface area contributed by atoms with Crippen molar-refractivity contribution in [2.45, 2.75) is 19.0 Å². The molecule has 1 unspecified atom stereocenters. The van der Waals surface area contributed by atoms with E-state index in [0.29, 0.717) is 24.9 Å². The summed E-state index contributed by atoms with van der Waals surface area (Å²) in [6, 6.07) is 3.05. The maximum Gasteiger partial charge on any atom is 0.401 e. The third kappa shape index (κ3) is 5.70. The third-order valence-electron chi connectivity index (χ3n) is 3.95. The number of aromatic nitrogens is 1. The summed E-state index contributed by atoms with van der Waals surface area (Å²) in [7, 11) is 3.24. The average molecular weight is 358 g/mol. The molecule has 0 spiro atoms. The van der Waals surface area contributed by atoms with Crippen LogP contribution in [-0.2, 0) is 4.79 Å². The van der Waals surface area contributed by atoms with E-state index in [4.69, 9.17) is 0 Å². The Morgan fingerprint density at radius 2 is 2.08 bits per heavy atom. The SMILES string of the molecule is CN(C)C(=O)c1ccc(NC(=O)C2CCCN(CC(F)(F)F)C2)nc1. The molecule has 0 aromatic carbocycles. The zero-order valence-electron chi connectivity index (χ0n) is 14.1. The van der Waals surface area contributed by atoms with Crippen molar-refractivity contribution < 1.29 is 22.8 Å². The Morgan fingerprint density at radius 3 is 2.64 bits per heavy atom. The van der Waals surface area contributed by atoms with E-state index in [1.165, 1.54) is 22.1 Å². The lowest BCUT2D eigenvalue weighted by atomic mass is 9.97. The summed E-state index contributed by atoms with van der Waals surface area (Å²) >= 11 is 0. The van der Waals surface area contributed by atoms with Gasteiger partial charge in [-0.3, -0.25) is 14.5 Å². The smallest absolute Gasteiger partial charge is 0.345 e. The van der Waals surface area contributed by atoms with Crippen molar-refractivity contribution in [3.63, 3.8) is 0 Å². The van der Waals surface area contributed by atoms with Crippen LogP contribution < -0.4 is 5.32 Å². The monoisotopic (exact) mass is 358 g/mol. The minimum Gasteiger partial charge on any atom is -0.345 e. The Morgan fingerprint density at radius 1 is 1.36 bits per heavy atom. The first-order valence-corrected chi connectivity index (χ1v) is 7.93. The highest BCUT2D eigenvalue weighted by Crippen LogP contribution is 2.23. The lowest BCUT2D eigenvalue weighted by Gasteiger charge is -2.32. The molecule has 0 radical (unpaired) electrons. The molecule has 0 bridgehead atoms. The second kappa shape index (κ2) is 7.81. The van der Waals surface area contributed by atoms with E-state index in [-0.39, 0.29) is 24.2 Å². The highest BCUT2D eigenvalue weighted by atomic mass is 19.4. The Balaban J connectivity index is 1.94. The van der Waals surface area contributed by atoms with Crippen molar-refractivity contribution in [3.8, 4) is 0 Å². The third-order valence-corrected chi connectivity index (χ3v) is 3.95. The molecule has 1 N–H and O–H groups in total. The van der Waals surface area contributed by atoms with Gasteiger partial charge in [-0.05, 0) is 31.5 Å². The van der Waals surface area contributed by atoms with Gasteiger partial charge in [0.1, 0.15) is 5.82 Å². The quantitative estimate of drug-likeness (QED) is 0.894. The summed E-state index contributed by atoms with van der Waals surface area (Å²) in [4.78, 5) is 30.7. The lowest BCUT2D eigenvalue weighted by molar-refractivity contribution is -0.151. The van der Waals surface area contributed by atoms with Gasteiger partial charge in [-0.1, -0.05) is 0 Å². The number of alkyl halides is 3. The van der Waals surface area contributed by atoms with Gasteiger partial charge in [0, 0.05) is 26.8 Å². The number of nitrogens with one attached hydrogen (secondary N) is 1. The number of halogens is 3. The van der Waals surface area contributed by atoms with Gasteiger partial charge >= 0.3 is 6.18 Å². The number of hydrogen-bond acceptors (Lipinski definition) is 4. The fourth-order valence-electron chi connectivity index (χ4n) is 2.75. The molecule has 1 aromatic rings. The van der Waals surface area contributed by atoms with Crippen molar-refractivity contribution in [2.75, 3.05) is 39.0 Å². The second-order valence-electron chi connectivity index (χ2n) is 6.31. The van der Waals surface area contributed by atoms with Crippen LogP contribution in [0.2, 0.25) is 0 Å². The average Bonchev–Trinajstić information content (AvgIpc) is 2.53. The van der Waals surface area contributed by atoms with Crippen LogP contribution in [0.15, 0.2) is 18.3 Å². The number of rotatable bonds is 4. The summed E-state index contributed by atoms with van der Waals surface area (Å²) in [6.45, 7) is -0.595. The highest BCUT2D eigenvalue weighted by Gasteiger charge is 2.34. The van der Waals surface area contributed by atoms with Gasteiger partial charge in [0.15, 0.2) is 0 Å². The van der Waals surface area contributed by atoms with Crippen LogP contribution in [-0.4, -0.2) is 66.5 Å². The van der Waals surface area contributed by atoms with E-state index in [1.54, 1.807) is 20.2 Å². The predicted octanol–water partition coefficient (Wildman–Crippen LogP) is 2.00. The number of pyridine rings is 1. The first-order valence-electron chi connectivity index (χ1n) is 7.93. The fraction of sp³-hybridized carbons (Fsp3) is 0.562. The Bertz CT molecular complexity index is 617. The van der Waals surface area contributed by atoms with E-state index in [9.17, 15) is 22.8 Å². The van der Waals surface area contributed by atoms with Crippen LogP contribution in [0.5, 0.6) is 0 Å². The minimum atomic E-state index is -4.27. The lowest BCUT2D eigenvalue weighted by Crippen LogP contribution is -2.44. The Labute approximate surface area is 144 Å². The van der Waals surface area contributed by atoms with Gasteiger partial charge < -0.3 is 10.2 Å². The van der Waals surface area contributed by atoms with Crippen molar-refractivity contribution >= 4 is 17.6 Å². The molecule has 1 aliphatic heterocycles. The number of amides is 2. The minimum absolute atomic E-state index is 0.0720. The maximum atomic E-state index is 12.5. The highest BCUT2D eigenvalue weighted by molar-refractivity contribution is 5.95. The first-order chi connectivity index (χ1) is 11.7. The number of nitrogens with zero attached hydrogens (tertiary/aromatic N) is 3. The summed E-state index contributed by atoms with van der Waals surface area (Å²) in [6.07, 6.45) is -1.83.